The summed E-state index contributed by atoms with van der Waals surface area (Å²) < 4.78 is 4.75. The minimum absolute atomic E-state index is 0.0933. The molecule has 0 spiro atoms. The molecule has 0 amide bonds. The van der Waals surface area contributed by atoms with Crippen molar-refractivity contribution < 1.29 is 19.2 Å². The zero-order valence-corrected chi connectivity index (χ0v) is 7.06. The van der Waals surface area contributed by atoms with Crippen molar-refractivity contribution in [3.05, 3.63) is 17.5 Å². The van der Waals surface area contributed by atoms with E-state index in [1.807, 2.05) is 0 Å². The summed E-state index contributed by atoms with van der Waals surface area (Å²) in [5, 5.41) is 12.3. The van der Waals surface area contributed by atoms with Crippen LogP contribution in [0.3, 0.4) is 0 Å². The lowest BCUT2D eigenvalue weighted by atomic mass is 10.0. The Balaban J connectivity index is 2.87. The van der Waals surface area contributed by atoms with E-state index in [-0.39, 0.29) is 12.2 Å². The molecule has 1 N–H and O–H groups in total. The molecule has 0 fully saturated rings. The third-order valence-electron chi connectivity index (χ3n) is 1.62. The third kappa shape index (κ3) is 2.14. The molecule has 1 heterocycles. The van der Waals surface area contributed by atoms with Crippen molar-refractivity contribution in [1.29, 1.82) is 0 Å². The summed E-state index contributed by atoms with van der Waals surface area (Å²) in [5.74, 6) is -1.78. The van der Waals surface area contributed by atoms with Gasteiger partial charge in [0.15, 0.2) is 5.76 Å². The highest BCUT2D eigenvalue weighted by Gasteiger charge is 2.23. The number of carboxylic acid groups (broad SMARTS) is 1. The van der Waals surface area contributed by atoms with Gasteiger partial charge in [0.25, 0.3) is 0 Å². The fourth-order valence-corrected chi connectivity index (χ4v) is 0.982. The zero-order chi connectivity index (χ0) is 9.84. The normalized spacial score (nSPS) is 12.4. The van der Waals surface area contributed by atoms with E-state index in [4.69, 9.17) is 9.63 Å². The largest absolute Gasteiger partial charge is 0.481 e. The second-order valence-corrected chi connectivity index (χ2v) is 2.66. The Kier molecular flexibility index (Phi) is 2.79. The van der Waals surface area contributed by atoms with E-state index in [2.05, 4.69) is 5.16 Å². The van der Waals surface area contributed by atoms with Crippen LogP contribution in [0.25, 0.3) is 0 Å². The summed E-state index contributed by atoms with van der Waals surface area (Å²) in [4.78, 5) is 20.8. The summed E-state index contributed by atoms with van der Waals surface area (Å²) in [6, 6.07) is 1.52. The van der Waals surface area contributed by atoms with Crippen LogP contribution in [0.4, 0.5) is 0 Å². The highest BCUT2D eigenvalue weighted by molar-refractivity contribution is 5.78. The highest BCUT2D eigenvalue weighted by atomic mass is 16.5. The van der Waals surface area contributed by atoms with E-state index in [0.29, 0.717) is 12.0 Å². The molecule has 0 saturated heterocycles. The molecule has 0 bridgehead atoms. The number of nitrogens with zero attached hydrogens (tertiary/aromatic N) is 1. The number of aliphatic carboxylic acids is 1. The first-order valence-electron chi connectivity index (χ1n) is 3.74. The Labute approximate surface area is 74.3 Å². The predicted octanol–water partition coefficient (Wildman–Crippen LogP) is 0.740. The van der Waals surface area contributed by atoms with Gasteiger partial charge in [0.05, 0.1) is 5.69 Å². The molecule has 0 saturated carbocycles. The number of hydrogen-bond acceptors (Lipinski definition) is 4. The summed E-state index contributed by atoms with van der Waals surface area (Å²) in [6.45, 7) is 1.69. The van der Waals surface area contributed by atoms with Gasteiger partial charge in [0, 0.05) is 12.5 Å². The molecular weight excluding hydrogens is 174 g/mol. The van der Waals surface area contributed by atoms with Crippen molar-refractivity contribution in [3.8, 4) is 0 Å². The van der Waals surface area contributed by atoms with Crippen molar-refractivity contribution in [2.45, 2.75) is 19.3 Å². The SMILES string of the molecule is Cc1cc(C(CC=O)C(=O)O)on1. The van der Waals surface area contributed by atoms with Crippen LogP contribution in [-0.4, -0.2) is 22.5 Å². The van der Waals surface area contributed by atoms with Crippen LogP contribution in [0.15, 0.2) is 10.6 Å². The van der Waals surface area contributed by atoms with Crippen molar-refractivity contribution in [2.75, 3.05) is 0 Å². The Morgan fingerprint density at radius 2 is 2.54 bits per heavy atom. The number of hydrogen-bond donors (Lipinski definition) is 1. The second-order valence-electron chi connectivity index (χ2n) is 2.66. The number of aromatic nitrogens is 1. The standard InChI is InChI=1S/C8H9NO4/c1-5-4-7(13-9-5)6(2-3-10)8(11)12/h3-4,6H,2H2,1H3,(H,11,12). The second kappa shape index (κ2) is 3.84. The molecule has 1 aromatic rings. The molecule has 1 rings (SSSR count). The van der Waals surface area contributed by atoms with Gasteiger partial charge in [0.1, 0.15) is 12.2 Å². The van der Waals surface area contributed by atoms with Crippen LogP contribution < -0.4 is 0 Å². The molecule has 0 aliphatic heterocycles. The number of aldehydes is 1. The summed E-state index contributed by atoms with van der Waals surface area (Å²) >= 11 is 0. The zero-order valence-electron chi connectivity index (χ0n) is 7.06. The lowest BCUT2D eigenvalue weighted by Gasteiger charge is -2.02. The van der Waals surface area contributed by atoms with Gasteiger partial charge in [-0.15, -0.1) is 0 Å². The number of aryl methyl sites for hydroxylation is 1. The number of carbonyl (C=O) groups is 2. The molecular formula is C8H9NO4. The summed E-state index contributed by atoms with van der Waals surface area (Å²) in [6.07, 6.45) is 0.459. The number of carboxylic acids is 1. The number of rotatable bonds is 4. The number of carbonyl (C=O) groups excluding carboxylic acids is 1. The van der Waals surface area contributed by atoms with Crippen molar-refractivity contribution in [2.24, 2.45) is 0 Å². The van der Waals surface area contributed by atoms with Gasteiger partial charge in [-0.25, -0.2) is 0 Å². The van der Waals surface area contributed by atoms with Crippen LogP contribution >= 0.6 is 0 Å². The van der Waals surface area contributed by atoms with Gasteiger partial charge >= 0.3 is 5.97 Å². The monoisotopic (exact) mass is 183 g/mol. The van der Waals surface area contributed by atoms with Crippen molar-refractivity contribution >= 4 is 12.3 Å². The lowest BCUT2D eigenvalue weighted by Crippen LogP contribution is -2.11. The average molecular weight is 183 g/mol. The molecule has 0 aliphatic carbocycles. The Morgan fingerprint density at radius 1 is 1.85 bits per heavy atom. The first-order chi connectivity index (χ1) is 6.15. The minimum atomic E-state index is -1.08. The van der Waals surface area contributed by atoms with Crippen molar-refractivity contribution in [3.63, 3.8) is 0 Å². The summed E-state index contributed by atoms with van der Waals surface area (Å²) in [7, 11) is 0. The fourth-order valence-electron chi connectivity index (χ4n) is 0.982. The Bertz CT molecular complexity index is 318. The van der Waals surface area contributed by atoms with E-state index in [0.717, 1.165) is 0 Å². The van der Waals surface area contributed by atoms with Gasteiger partial charge in [-0.1, -0.05) is 5.16 Å². The van der Waals surface area contributed by atoms with Crippen LogP contribution in [-0.2, 0) is 9.59 Å². The molecule has 0 radical (unpaired) electrons. The van der Waals surface area contributed by atoms with Gasteiger partial charge in [0.2, 0.25) is 0 Å². The van der Waals surface area contributed by atoms with Crippen LogP contribution in [0, 0.1) is 6.92 Å². The van der Waals surface area contributed by atoms with Gasteiger partial charge in [-0.05, 0) is 6.92 Å². The van der Waals surface area contributed by atoms with Crippen LogP contribution in [0.2, 0.25) is 0 Å². The first kappa shape index (κ1) is 9.44. The van der Waals surface area contributed by atoms with Gasteiger partial charge < -0.3 is 14.4 Å². The van der Waals surface area contributed by atoms with E-state index >= 15 is 0 Å². The molecule has 1 unspecified atom stereocenters. The molecule has 5 heteroatoms. The Morgan fingerprint density at radius 3 is 2.92 bits per heavy atom. The van der Waals surface area contributed by atoms with E-state index < -0.39 is 11.9 Å². The maximum Gasteiger partial charge on any atom is 0.314 e. The molecule has 0 aliphatic rings. The van der Waals surface area contributed by atoms with Crippen molar-refractivity contribution in [1.82, 2.24) is 5.16 Å². The maximum absolute atomic E-state index is 10.7. The molecule has 1 atom stereocenters. The average Bonchev–Trinajstić information content (AvgIpc) is 2.46. The third-order valence-corrected chi connectivity index (χ3v) is 1.62. The lowest BCUT2D eigenvalue weighted by molar-refractivity contribution is -0.140. The van der Waals surface area contributed by atoms with E-state index in [1.165, 1.54) is 6.07 Å². The van der Waals surface area contributed by atoms with E-state index in [1.54, 1.807) is 6.92 Å². The molecule has 1 aromatic heterocycles. The predicted molar refractivity (Wildman–Crippen MR) is 42.3 cm³/mol. The summed E-state index contributed by atoms with van der Waals surface area (Å²) in [5.41, 5.74) is 0.604. The maximum atomic E-state index is 10.7. The quantitative estimate of drug-likeness (QED) is 0.696. The topological polar surface area (TPSA) is 80.4 Å². The van der Waals surface area contributed by atoms with E-state index in [9.17, 15) is 9.59 Å². The Hall–Kier alpha value is -1.65. The van der Waals surface area contributed by atoms with Gasteiger partial charge in [-0.3, -0.25) is 4.79 Å². The molecule has 13 heavy (non-hydrogen) atoms. The van der Waals surface area contributed by atoms with Gasteiger partial charge in [-0.2, -0.15) is 0 Å². The highest BCUT2D eigenvalue weighted by Crippen LogP contribution is 2.19. The fraction of sp³-hybridized carbons (Fsp3) is 0.375. The molecule has 70 valence electrons. The smallest absolute Gasteiger partial charge is 0.314 e. The molecule has 5 nitrogen and oxygen atoms in total. The first-order valence-corrected chi connectivity index (χ1v) is 3.74. The minimum Gasteiger partial charge on any atom is -0.481 e. The van der Waals surface area contributed by atoms with Crippen LogP contribution in [0.1, 0.15) is 23.8 Å². The van der Waals surface area contributed by atoms with Crippen LogP contribution in [0.5, 0.6) is 0 Å². The molecule has 0 aromatic carbocycles.